The molecule has 0 saturated carbocycles. The molecular formula is C26H30N6O3S. The van der Waals surface area contributed by atoms with E-state index >= 15 is 0 Å². The number of amides is 1. The predicted octanol–water partition coefficient (Wildman–Crippen LogP) is 3.34. The van der Waals surface area contributed by atoms with Crippen LogP contribution in [0.15, 0.2) is 53.8 Å². The number of fused-ring (bicyclic) bond motifs is 1. The molecule has 1 aliphatic heterocycles. The fraction of sp³-hybridized carbons (Fsp3) is 0.385. The van der Waals surface area contributed by atoms with Crippen LogP contribution in [0.1, 0.15) is 51.9 Å². The zero-order valence-electron chi connectivity index (χ0n) is 20.8. The van der Waals surface area contributed by atoms with Crippen molar-refractivity contribution in [2.45, 2.75) is 51.0 Å². The van der Waals surface area contributed by atoms with E-state index in [9.17, 15) is 13.2 Å². The van der Waals surface area contributed by atoms with Gasteiger partial charge in [-0.05, 0) is 45.7 Å². The van der Waals surface area contributed by atoms with Gasteiger partial charge in [0.15, 0.2) is 15.5 Å². The number of imidazole rings is 1. The molecule has 3 aromatic heterocycles. The molecule has 4 aromatic rings. The first-order valence-corrected chi connectivity index (χ1v) is 13.8. The third-order valence-electron chi connectivity index (χ3n) is 6.95. The maximum absolute atomic E-state index is 13.3. The molecule has 0 aliphatic carbocycles. The van der Waals surface area contributed by atoms with Crippen LogP contribution in [-0.2, 0) is 16.4 Å². The average Bonchev–Trinajstić information content (AvgIpc) is 3.49. The highest BCUT2D eigenvalue weighted by Gasteiger charge is 2.28. The van der Waals surface area contributed by atoms with E-state index in [1.54, 1.807) is 29.0 Å². The van der Waals surface area contributed by atoms with Gasteiger partial charge in [0.1, 0.15) is 5.82 Å². The van der Waals surface area contributed by atoms with Gasteiger partial charge in [0.25, 0.3) is 5.91 Å². The van der Waals surface area contributed by atoms with Crippen LogP contribution in [0.2, 0.25) is 0 Å². The molecule has 36 heavy (non-hydrogen) atoms. The third-order valence-corrected chi connectivity index (χ3v) is 8.66. The highest BCUT2D eigenvalue weighted by Crippen LogP contribution is 2.28. The molecule has 188 valence electrons. The van der Waals surface area contributed by atoms with Crippen LogP contribution in [0, 0.1) is 20.8 Å². The second-order valence-corrected chi connectivity index (χ2v) is 11.6. The average molecular weight is 507 g/mol. The predicted molar refractivity (Wildman–Crippen MR) is 136 cm³/mol. The van der Waals surface area contributed by atoms with Crippen LogP contribution in [0.4, 0.5) is 0 Å². The van der Waals surface area contributed by atoms with Crippen LogP contribution in [0.25, 0.3) is 5.65 Å². The Hall–Kier alpha value is -3.53. The Morgan fingerprint density at radius 3 is 2.50 bits per heavy atom. The van der Waals surface area contributed by atoms with Crippen LogP contribution in [0.5, 0.6) is 0 Å². The van der Waals surface area contributed by atoms with Crippen molar-refractivity contribution >= 4 is 21.4 Å². The minimum atomic E-state index is -3.38. The van der Waals surface area contributed by atoms with E-state index in [0.29, 0.717) is 30.1 Å². The Morgan fingerprint density at radius 2 is 1.78 bits per heavy atom. The first-order valence-electron chi connectivity index (χ1n) is 12.1. The van der Waals surface area contributed by atoms with Crippen molar-refractivity contribution in [3.8, 4) is 0 Å². The summed E-state index contributed by atoms with van der Waals surface area (Å²) in [5, 5.41) is 4.44. The number of nitrogens with zero attached hydrogens (tertiary/aromatic N) is 6. The van der Waals surface area contributed by atoms with Crippen LogP contribution in [-0.4, -0.2) is 62.2 Å². The van der Waals surface area contributed by atoms with E-state index in [1.165, 1.54) is 0 Å². The number of rotatable bonds is 6. The fourth-order valence-corrected chi connectivity index (χ4v) is 6.06. The molecule has 1 amide bonds. The molecule has 1 saturated heterocycles. The summed E-state index contributed by atoms with van der Waals surface area (Å²) in [6.07, 6.45) is 6.74. The largest absolute Gasteiger partial charge is 0.338 e. The van der Waals surface area contributed by atoms with E-state index in [1.807, 2.05) is 54.6 Å². The Morgan fingerprint density at radius 1 is 1.06 bits per heavy atom. The van der Waals surface area contributed by atoms with Crippen molar-refractivity contribution in [3.05, 3.63) is 77.3 Å². The van der Waals surface area contributed by atoms with Gasteiger partial charge in [-0.15, -0.1) is 0 Å². The monoisotopic (exact) mass is 506 g/mol. The number of likely N-dealkylation sites (tertiary alicyclic amines) is 1. The van der Waals surface area contributed by atoms with Crippen LogP contribution < -0.4 is 0 Å². The van der Waals surface area contributed by atoms with Crippen molar-refractivity contribution in [1.29, 1.82) is 0 Å². The molecule has 9 nitrogen and oxygen atoms in total. The van der Waals surface area contributed by atoms with Crippen LogP contribution >= 0.6 is 0 Å². The second-order valence-electron chi connectivity index (χ2n) is 9.49. The molecule has 0 bridgehead atoms. The number of benzene rings is 1. The molecule has 5 rings (SSSR count). The van der Waals surface area contributed by atoms with E-state index in [2.05, 4.69) is 15.1 Å². The van der Waals surface area contributed by atoms with Gasteiger partial charge in [0.05, 0.1) is 27.6 Å². The molecule has 0 unspecified atom stereocenters. The lowest BCUT2D eigenvalue weighted by Crippen LogP contribution is -2.39. The van der Waals surface area contributed by atoms with Crippen molar-refractivity contribution < 1.29 is 13.2 Å². The van der Waals surface area contributed by atoms with E-state index in [-0.39, 0.29) is 17.6 Å². The van der Waals surface area contributed by atoms with E-state index < -0.39 is 9.84 Å². The molecular weight excluding hydrogens is 476 g/mol. The van der Waals surface area contributed by atoms with Gasteiger partial charge in [-0.1, -0.05) is 17.7 Å². The number of carbonyl (C=O) groups is 1. The minimum Gasteiger partial charge on any atom is -0.338 e. The fourth-order valence-electron chi connectivity index (χ4n) is 4.84. The molecule has 1 aliphatic rings. The summed E-state index contributed by atoms with van der Waals surface area (Å²) in [5.41, 5.74) is 3.96. The summed E-state index contributed by atoms with van der Waals surface area (Å²) in [6.45, 7) is 7.29. The Bertz CT molecular complexity index is 1510. The number of aryl methyl sites for hydroxylation is 4. The Labute approximate surface area is 210 Å². The summed E-state index contributed by atoms with van der Waals surface area (Å²) in [6, 6.07) is 8.84. The molecule has 4 heterocycles. The molecule has 0 spiro atoms. The maximum Gasteiger partial charge on any atom is 0.257 e. The highest BCUT2D eigenvalue weighted by atomic mass is 32.2. The van der Waals surface area contributed by atoms with Gasteiger partial charge in [-0.25, -0.2) is 22.9 Å². The van der Waals surface area contributed by atoms with Gasteiger partial charge >= 0.3 is 0 Å². The van der Waals surface area contributed by atoms with Crippen molar-refractivity contribution in [2.24, 2.45) is 0 Å². The zero-order chi connectivity index (χ0) is 25.4. The molecule has 1 fully saturated rings. The number of piperidine rings is 1. The third kappa shape index (κ3) is 4.65. The number of sulfone groups is 1. The van der Waals surface area contributed by atoms with Gasteiger partial charge in [-0.3, -0.25) is 4.79 Å². The van der Waals surface area contributed by atoms with Gasteiger partial charge in [0.2, 0.25) is 0 Å². The highest BCUT2D eigenvalue weighted by molar-refractivity contribution is 7.91. The topological polar surface area (TPSA) is 102 Å². The van der Waals surface area contributed by atoms with Crippen molar-refractivity contribution in [1.82, 2.24) is 29.0 Å². The SMILES string of the molecule is Cc1ccc(S(=O)(=O)CCn2ccnc2C2CCN(C(=O)c3cnc4cc(C)nn4c3C)CC2)cc1. The quantitative estimate of drug-likeness (QED) is 0.397. The minimum absolute atomic E-state index is 0.0123. The molecule has 0 atom stereocenters. The zero-order valence-corrected chi connectivity index (χ0v) is 21.6. The number of carbonyl (C=O) groups excluding carboxylic acids is 1. The lowest BCUT2D eigenvalue weighted by atomic mass is 9.95. The molecule has 0 radical (unpaired) electrons. The number of hydrogen-bond donors (Lipinski definition) is 0. The first-order chi connectivity index (χ1) is 17.2. The summed E-state index contributed by atoms with van der Waals surface area (Å²) in [4.78, 5) is 24.4. The maximum atomic E-state index is 13.3. The number of hydrogen-bond acceptors (Lipinski definition) is 6. The van der Waals surface area contributed by atoms with Crippen molar-refractivity contribution in [3.63, 3.8) is 0 Å². The van der Waals surface area contributed by atoms with E-state index in [4.69, 9.17) is 0 Å². The second kappa shape index (κ2) is 9.50. The summed E-state index contributed by atoms with van der Waals surface area (Å²) < 4.78 is 29.3. The summed E-state index contributed by atoms with van der Waals surface area (Å²) in [7, 11) is -3.38. The van der Waals surface area contributed by atoms with Crippen LogP contribution in [0.3, 0.4) is 0 Å². The Balaban J connectivity index is 1.24. The summed E-state index contributed by atoms with van der Waals surface area (Å²) in [5.74, 6) is 1.02. The smallest absolute Gasteiger partial charge is 0.257 e. The number of aromatic nitrogens is 5. The Kier molecular flexibility index (Phi) is 6.38. The van der Waals surface area contributed by atoms with E-state index in [0.717, 1.165) is 41.3 Å². The molecule has 0 N–H and O–H groups in total. The summed E-state index contributed by atoms with van der Waals surface area (Å²) >= 11 is 0. The lowest BCUT2D eigenvalue weighted by Gasteiger charge is -2.32. The van der Waals surface area contributed by atoms with Gasteiger partial charge < -0.3 is 9.47 Å². The van der Waals surface area contributed by atoms with Crippen molar-refractivity contribution in [2.75, 3.05) is 18.8 Å². The normalized spacial score (nSPS) is 15.0. The van der Waals surface area contributed by atoms with Gasteiger partial charge in [0, 0.05) is 50.2 Å². The molecule has 10 heteroatoms. The standard InChI is InChI=1S/C26H30N6O3S/c1-18-4-6-22(7-5-18)36(34,35)15-14-30-13-10-27-25(30)21-8-11-31(12-9-21)26(33)23-17-28-24-16-19(2)29-32(24)20(23)3/h4-7,10,13,16-17,21H,8-9,11-12,14-15H2,1-3H3. The molecule has 1 aromatic carbocycles. The first kappa shape index (κ1) is 24.2. The lowest BCUT2D eigenvalue weighted by molar-refractivity contribution is 0.0708. The van der Waals surface area contributed by atoms with Gasteiger partial charge in [-0.2, -0.15) is 5.10 Å².